The summed E-state index contributed by atoms with van der Waals surface area (Å²) < 4.78 is 1.64. The first-order valence-electron chi connectivity index (χ1n) is 9.76. The molecule has 0 spiro atoms. The number of para-hydroxylation sites is 2. The second-order valence-electron chi connectivity index (χ2n) is 7.12. The molecule has 1 aliphatic heterocycles. The molecule has 3 aromatic rings. The van der Waals surface area contributed by atoms with Crippen LogP contribution in [0.1, 0.15) is 5.82 Å². The van der Waals surface area contributed by atoms with Gasteiger partial charge in [0.15, 0.2) is 5.82 Å². The van der Waals surface area contributed by atoms with E-state index in [0.717, 1.165) is 5.56 Å². The van der Waals surface area contributed by atoms with Crippen molar-refractivity contribution in [2.45, 2.75) is 13.5 Å². The molecule has 1 saturated heterocycles. The molecule has 1 aromatic heterocycles. The number of amides is 1. The maximum atomic E-state index is 12.9. The lowest BCUT2D eigenvalue weighted by Crippen LogP contribution is -2.49. The lowest BCUT2D eigenvalue weighted by atomic mass is 10.2. The summed E-state index contributed by atoms with van der Waals surface area (Å²) in [7, 11) is 0. The van der Waals surface area contributed by atoms with Gasteiger partial charge in [-0.05, 0) is 13.0 Å². The monoisotopic (exact) mass is 406 g/mol. The Labute approximate surface area is 173 Å². The van der Waals surface area contributed by atoms with E-state index in [2.05, 4.69) is 10.1 Å². The molecule has 2 heterocycles. The van der Waals surface area contributed by atoms with Crippen molar-refractivity contribution in [1.82, 2.24) is 19.7 Å². The number of rotatable bonds is 5. The van der Waals surface area contributed by atoms with Gasteiger partial charge in [0.05, 0.1) is 4.92 Å². The summed E-state index contributed by atoms with van der Waals surface area (Å²) in [6.07, 6.45) is 0. The van der Waals surface area contributed by atoms with Gasteiger partial charge < -0.3 is 9.80 Å². The number of nitro groups is 1. The van der Waals surface area contributed by atoms with Crippen LogP contribution in [-0.4, -0.2) is 56.7 Å². The van der Waals surface area contributed by atoms with Crippen LogP contribution in [0.5, 0.6) is 0 Å². The standard InChI is InChI=1S/C21H22N6O3/c1-16-22-21(17-7-3-2-4-8-17)26(23-16)15-20(28)25-13-11-24(12-14-25)18-9-5-6-10-19(18)27(29)30/h2-10H,11-15H2,1H3. The van der Waals surface area contributed by atoms with E-state index in [9.17, 15) is 14.9 Å². The van der Waals surface area contributed by atoms with Crippen LogP contribution >= 0.6 is 0 Å². The molecule has 0 saturated carbocycles. The Balaban J connectivity index is 1.43. The Bertz CT molecular complexity index is 1060. The minimum Gasteiger partial charge on any atom is -0.362 e. The van der Waals surface area contributed by atoms with Crippen molar-refractivity contribution in [1.29, 1.82) is 0 Å². The first-order chi connectivity index (χ1) is 14.5. The lowest BCUT2D eigenvalue weighted by molar-refractivity contribution is -0.384. The molecular weight excluding hydrogens is 384 g/mol. The number of carbonyl (C=O) groups is 1. The summed E-state index contributed by atoms with van der Waals surface area (Å²) in [5.74, 6) is 1.24. The van der Waals surface area contributed by atoms with Crippen molar-refractivity contribution in [2.75, 3.05) is 31.1 Å². The van der Waals surface area contributed by atoms with Crippen LogP contribution in [0.15, 0.2) is 54.6 Å². The highest BCUT2D eigenvalue weighted by Crippen LogP contribution is 2.28. The van der Waals surface area contributed by atoms with Crippen LogP contribution in [0, 0.1) is 17.0 Å². The van der Waals surface area contributed by atoms with Gasteiger partial charge in [-0.3, -0.25) is 14.9 Å². The van der Waals surface area contributed by atoms with Crippen molar-refractivity contribution in [3.8, 4) is 11.4 Å². The molecule has 0 radical (unpaired) electrons. The second kappa shape index (κ2) is 8.32. The third-order valence-corrected chi connectivity index (χ3v) is 5.15. The van der Waals surface area contributed by atoms with Crippen LogP contribution in [0.2, 0.25) is 0 Å². The minimum absolute atomic E-state index is 0.0423. The molecular formula is C21H22N6O3. The number of anilines is 1. The molecule has 0 atom stereocenters. The summed E-state index contributed by atoms with van der Waals surface area (Å²) in [4.78, 5) is 32.0. The molecule has 1 aliphatic rings. The average molecular weight is 406 g/mol. The molecule has 0 bridgehead atoms. The van der Waals surface area contributed by atoms with Crippen molar-refractivity contribution < 1.29 is 9.72 Å². The summed E-state index contributed by atoms with van der Waals surface area (Å²) in [5, 5.41) is 15.7. The van der Waals surface area contributed by atoms with Gasteiger partial charge in [0.1, 0.15) is 18.1 Å². The number of aromatic nitrogens is 3. The Kier molecular flexibility index (Phi) is 5.42. The highest BCUT2D eigenvalue weighted by molar-refractivity contribution is 5.77. The first kappa shape index (κ1) is 19.6. The van der Waals surface area contributed by atoms with E-state index >= 15 is 0 Å². The van der Waals surface area contributed by atoms with Crippen LogP contribution in [0.25, 0.3) is 11.4 Å². The maximum Gasteiger partial charge on any atom is 0.292 e. The summed E-state index contributed by atoms with van der Waals surface area (Å²) >= 11 is 0. The quantitative estimate of drug-likeness (QED) is 0.477. The number of nitro benzene ring substituents is 1. The number of hydrogen-bond donors (Lipinski definition) is 0. The number of carbonyl (C=O) groups excluding carboxylic acids is 1. The largest absolute Gasteiger partial charge is 0.362 e. The average Bonchev–Trinajstić information content (AvgIpc) is 3.14. The van der Waals surface area contributed by atoms with E-state index in [1.54, 1.807) is 34.7 Å². The van der Waals surface area contributed by atoms with Gasteiger partial charge in [-0.15, -0.1) is 0 Å². The van der Waals surface area contributed by atoms with Crippen molar-refractivity contribution in [3.63, 3.8) is 0 Å². The molecule has 1 fully saturated rings. The van der Waals surface area contributed by atoms with Crippen molar-refractivity contribution in [3.05, 3.63) is 70.5 Å². The van der Waals surface area contributed by atoms with Gasteiger partial charge >= 0.3 is 0 Å². The second-order valence-corrected chi connectivity index (χ2v) is 7.12. The molecule has 0 unspecified atom stereocenters. The smallest absolute Gasteiger partial charge is 0.292 e. The van der Waals surface area contributed by atoms with Gasteiger partial charge in [0, 0.05) is 37.8 Å². The zero-order valence-corrected chi connectivity index (χ0v) is 16.6. The Morgan fingerprint density at radius 2 is 1.70 bits per heavy atom. The third kappa shape index (κ3) is 4.00. The molecule has 2 aromatic carbocycles. The van der Waals surface area contributed by atoms with Crippen LogP contribution < -0.4 is 4.90 Å². The van der Waals surface area contributed by atoms with E-state index < -0.39 is 0 Å². The van der Waals surface area contributed by atoms with E-state index in [1.165, 1.54) is 6.07 Å². The van der Waals surface area contributed by atoms with Gasteiger partial charge in [0.25, 0.3) is 5.69 Å². The Hall–Kier alpha value is -3.75. The van der Waals surface area contributed by atoms with E-state index in [0.29, 0.717) is 43.5 Å². The van der Waals surface area contributed by atoms with Gasteiger partial charge in [-0.25, -0.2) is 9.67 Å². The topological polar surface area (TPSA) is 97.4 Å². The van der Waals surface area contributed by atoms with Crippen molar-refractivity contribution >= 4 is 17.3 Å². The number of nitrogens with zero attached hydrogens (tertiary/aromatic N) is 6. The number of benzene rings is 2. The fraction of sp³-hybridized carbons (Fsp3) is 0.286. The SMILES string of the molecule is Cc1nc(-c2ccccc2)n(CC(=O)N2CCN(c3ccccc3[N+](=O)[O-])CC2)n1. The van der Waals surface area contributed by atoms with Gasteiger partial charge in [0.2, 0.25) is 5.91 Å². The number of piperazine rings is 1. The molecule has 154 valence electrons. The Morgan fingerprint density at radius 3 is 2.40 bits per heavy atom. The van der Waals surface area contributed by atoms with Crippen LogP contribution in [-0.2, 0) is 11.3 Å². The predicted molar refractivity (Wildman–Crippen MR) is 112 cm³/mol. The normalized spacial score (nSPS) is 14.0. The van der Waals surface area contributed by atoms with E-state index in [1.807, 2.05) is 35.2 Å². The van der Waals surface area contributed by atoms with Gasteiger partial charge in [-0.2, -0.15) is 5.10 Å². The zero-order valence-electron chi connectivity index (χ0n) is 16.6. The van der Waals surface area contributed by atoms with Gasteiger partial charge in [-0.1, -0.05) is 42.5 Å². The highest BCUT2D eigenvalue weighted by atomic mass is 16.6. The molecule has 0 aliphatic carbocycles. The maximum absolute atomic E-state index is 12.9. The fourth-order valence-corrected chi connectivity index (χ4v) is 3.68. The number of hydrogen-bond acceptors (Lipinski definition) is 6. The highest BCUT2D eigenvalue weighted by Gasteiger charge is 2.26. The summed E-state index contributed by atoms with van der Waals surface area (Å²) in [5.41, 5.74) is 1.59. The number of aryl methyl sites for hydroxylation is 1. The summed E-state index contributed by atoms with van der Waals surface area (Å²) in [6, 6.07) is 16.4. The summed E-state index contributed by atoms with van der Waals surface area (Å²) in [6.45, 7) is 3.99. The molecule has 1 amide bonds. The predicted octanol–water partition coefficient (Wildman–Crippen LogP) is 2.51. The zero-order chi connectivity index (χ0) is 21.1. The fourth-order valence-electron chi connectivity index (χ4n) is 3.68. The molecule has 9 heteroatoms. The Morgan fingerprint density at radius 1 is 1.03 bits per heavy atom. The van der Waals surface area contributed by atoms with E-state index in [-0.39, 0.29) is 23.1 Å². The molecule has 9 nitrogen and oxygen atoms in total. The minimum atomic E-state index is -0.370. The van der Waals surface area contributed by atoms with Crippen LogP contribution in [0.4, 0.5) is 11.4 Å². The third-order valence-electron chi connectivity index (χ3n) is 5.15. The molecule has 4 rings (SSSR count). The van der Waals surface area contributed by atoms with E-state index in [4.69, 9.17) is 0 Å². The first-order valence-corrected chi connectivity index (χ1v) is 9.76. The van der Waals surface area contributed by atoms with Crippen LogP contribution in [0.3, 0.4) is 0 Å². The van der Waals surface area contributed by atoms with Crippen molar-refractivity contribution in [2.24, 2.45) is 0 Å². The molecule has 30 heavy (non-hydrogen) atoms. The molecule has 0 N–H and O–H groups in total. The lowest BCUT2D eigenvalue weighted by Gasteiger charge is -2.35.